The van der Waals surface area contributed by atoms with Crippen LogP contribution in [0.2, 0.25) is 0 Å². The number of furan rings is 1. The minimum atomic E-state index is -0.539. The second-order valence-electron chi connectivity index (χ2n) is 4.28. The monoisotopic (exact) mass is 267 g/mol. The summed E-state index contributed by atoms with van der Waals surface area (Å²) in [6.07, 6.45) is 0.728. The molecule has 0 amide bonds. The van der Waals surface area contributed by atoms with E-state index < -0.39 is 4.92 Å². The topological polar surface area (TPSA) is 73.3 Å². The summed E-state index contributed by atoms with van der Waals surface area (Å²) in [6, 6.07) is 13.6. The Labute approximate surface area is 113 Å². The van der Waals surface area contributed by atoms with E-state index in [1.807, 2.05) is 0 Å². The normalized spacial score (nSPS) is 10.6. The molecule has 1 heterocycles. The van der Waals surface area contributed by atoms with E-state index in [4.69, 9.17) is 4.42 Å². The summed E-state index contributed by atoms with van der Waals surface area (Å²) < 4.78 is 5.30. The van der Waals surface area contributed by atoms with Gasteiger partial charge < -0.3 is 4.42 Å². The first-order chi connectivity index (χ1) is 9.70. The lowest BCUT2D eigenvalue weighted by Crippen LogP contribution is -1.88. The molecule has 0 atom stereocenters. The predicted molar refractivity (Wildman–Crippen MR) is 73.7 cm³/mol. The van der Waals surface area contributed by atoms with Gasteiger partial charge in [-0.15, -0.1) is 0 Å². The number of rotatable bonds is 3. The van der Waals surface area contributed by atoms with Crippen LogP contribution in [0.4, 0.5) is 5.88 Å². The van der Waals surface area contributed by atoms with E-state index >= 15 is 0 Å². The molecule has 0 unspecified atom stereocenters. The van der Waals surface area contributed by atoms with E-state index in [1.165, 1.54) is 0 Å². The van der Waals surface area contributed by atoms with Gasteiger partial charge in [0, 0.05) is 10.9 Å². The van der Waals surface area contributed by atoms with Crippen LogP contribution >= 0.6 is 0 Å². The Morgan fingerprint density at radius 1 is 1.05 bits per heavy atom. The number of carbonyl (C=O) groups is 1. The summed E-state index contributed by atoms with van der Waals surface area (Å²) in [4.78, 5) is 21.3. The quantitative estimate of drug-likeness (QED) is 0.410. The number of aldehydes is 1. The van der Waals surface area contributed by atoms with Crippen molar-refractivity contribution in [1.29, 1.82) is 0 Å². The third-order valence-electron chi connectivity index (χ3n) is 3.08. The van der Waals surface area contributed by atoms with Crippen LogP contribution in [0.3, 0.4) is 0 Å². The maximum atomic E-state index is 11.1. The zero-order valence-corrected chi connectivity index (χ0v) is 10.3. The fourth-order valence-electron chi connectivity index (χ4n) is 2.17. The summed E-state index contributed by atoms with van der Waals surface area (Å²) in [5.74, 6) is -0.287. The zero-order valence-electron chi connectivity index (χ0n) is 10.3. The number of carbonyl (C=O) groups excluding carboxylic acids is 1. The molecule has 0 aliphatic rings. The van der Waals surface area contributed by atoms with Crippen LogP contribution in [0, 0.1) is 10.1 Å². The summed E-state index contributed by atoms with van der Waals surface area (Å²) in [5.41, 5.74) is 2.06. The van der Waals surface area contributed by atoms with Gasteiger partial charge in [-0.2, -0.15) is 0 Å². The molecule has 0 spiro atoms. The second kappa shape index (κ2) is 4.62. The van der Waals surface area contributed by atoms with E-state index in [2.05, 4.69) is 0 Å². The summed E-state index contributed by atoms with van der Waals surface area (Å²) >= 11 is 0. The van der Waals surface area contributed by atoms with Crippen molar-refractivity contribution in [2.75, 3.05) is 0 Å². The highest BCUT2D eigenvalue weighted by atomic mass is 16.6. The minimum absolute atomic E-state index is 0.287. The van der Waals surface area contributed by atoms with Crippen LogP contribution in [0.1, 0.15) is 10.4 Å². The number of benzene rings is 2. The summed E-state index contributed by atoms with van der Waals surface area (Å²) in [5, 5.41) is 11.8. The Kier molecular flexibility index (Phi) is 2.80. The van der Waals surface area contributed by atoms with Crippen LogP contribution in [0.5, 0.6) is 0 Å². The average molecular weight is 267 g/mol. The van der Waals surface area contributed by atoms with Crippen LogP contribution in [0.25, 0.3) is 22.1 Å². The van der Waals surface area contributed by atoms with Crippen molar-refractivity contribution in [3.8, 4) is 11.1 Å². The first kappa shape index (κ1) is 12.1. The zero-order chi connectivity index (χ0) is 14.1. The Bertz CT molecular complexity index is 802. The highest BCUT2D eigenvalue weighted by Crippen LogP contribution is 2.39. The van der Waals surface area contributed by atoms with Gasteiger partial charge in [-0.1, -0.05) is 42.5 Å². The largest absolute Gasteiger partial charge is 0.442 e. The first-order valence-electron chi connectivity index (χ1n) is 5.92. The van der Waals surface area contributed by atoms with E-state index in [1.54, 1.807) is 48.5 Å². The number of hydrogen-bond acceptors (Lipinski definition) is 4. The molecule has 0 saturated heterocycles. The fourth-order valence-corrected chi connectivity index (χ4v) is 2.17. The van der Waals surface area contributed by atoms with Gasteiger partial charge in [-0.25, -0.2) is 0 Å². The molecule has 0 N–H and O–H groups in total. The molecule has 0 saturated carbocycles. The van der Waals surface area contributed by atoms with Gasteiger partial charge in [0.25, 0.3) is 0 Å². The van der Waals surface area contributed by atoms with Crippen LogP contribution in [-0.4, -0.2) is 11.2 Å². The van der Waals surface area contributed by atoms with E-state index in [-0.39, 0.29) is 5.88 Å². The third kappa shape index (κ3) is 1.85. The van der Waals surface area contributed by atoms with Crippen molar-refractivity contribution < 1.29 is 14.1 Å². The molecule has 3 aromatic rings. The predicted octanol–water partition coefficient (Wildman–Crippen LogP) is 3.82. The molecule has 0 fully saturated rings. The standard InChI is InChI=1S/C15H9NO4/c17-9-10-5-7-11(8-6-10)14-12-3-1-2-4-13(12)20-15(14)16(18)19/h1-9H. The van der Waals surface area contributed by atoms with Crippen molar-refractivity contribution >= 4 is 23.1 Å². The fraction of sp³-hybridized carbons (Fsp3) is 0. The van der Waals surface area contributed by atoms with E-state index in [9.17, 15) is 14.9 Å². The molecule has 2 aromatic carbocycles. The van der Waals surface area contributed by atoms with Crippen LogP contribution in [-0.2, 0) is 0 Å². The van der Waals surface area contributed by atoms with Crippen molar-refractivity contribution in [2.24, 2.45) is 0 Å². The maximum Gasteiger partial charge on any atom is 0.442 e. The average Bonchev–Trinajstić information content (AvgIpc) is 2.87. The molecule has 0 radical (unpaired) electrons. The third-order valence-corrected chi connectivity index (χ3v) is 3.08. The Hall–Kier alpha value is -2.95. The number of nitrogens with zero attached hydrogens (tertiary/aromatic N) is 1. The summed E-state index contributed by atoms with van der Waals surface area (Å²) in [6.45, 7) is 0. The molecular formula is C15H9NO4. The molecule has 5 nitrogen and oxygen atoms in total. The van der Waals surface area contributed by atoms with Gasteiger partial charge >= 0.3 is 5.88 Å². The molecule has 3 rings (SSSR count). The molecule has 0 bridgehead atoms. The highest BCUT2D eigenvalue weighted by Gasteiger charge is 2.24. The smallest absolute Gasteiger partial charge is 0.400 e. The van der Waals surface area contributed by atoms with Gasteiger partial charge in [0.15, 0.2) is 0 Å². The minimum Gasteiger partial charge on any atom is -0.400 e. The Balaban J connectivity index is 2.29. The van der Waals surface area contributed by atoms with Crippen LogP contribution < -0.4 is 0 Å². The first-order valence-corrected chi connectivity index (χ1v) is 5.92. The highest BCUT2D eigenvalue weighted by molar-refractivity contribution is 5.98. The number of hydrogen-bond donors (Lipinski definition) is 0. The lowest BCUT2D eigenvalue weighted by atomic mass is 10.0. The molecule has 20 heavy (non-hydrogen) atoms. The lowest BCUT2D eigenvalue weighted by molar-refractivity contribution is -0.400. The molecule has 1 aromatic heterocycles. The second-order valence-corrected chi connectivity index (χ2v) is 4.28. The molecular weight excluding hydrogens is 258 g/mol. The van der Waals surface area contributed by atoms with Gasteiger partial charge in [0.2, 0.25) is 0 Å². The van der Waals surface area contributed by atoms with Crippen molar-refractivity contribution in [3.05, 3.63) is 64.2 Å². The molecule has 0 aliphatic heterocycles. The number of fused-ring (bicyclic) bond motifs is 1. The SMILES string of the molecule is O=Cc1ccc(-c2c([N+](=O)[O-])oc3ccccc23)cc1. The Morgan fingerprint density at radius 2 is 1.75 bits per heavy atom. The number of para-hydroxylation sites is 1. The van der Waals surface area contributed by atoms with Gasteiger partial charge in [-0.3, -0.25) is 14.9 Å². The lowest BCUT2D eigenvalue weighted by Gasteiger charge is -1.98. The van der Waals surface area contributed by atoms with Gasteiger partial charge in [-0.05, 0) is 11.6 Å². The number of nitro groups is 1. The van der Waals surface area contributed by atoms with Gasteiger partial charge in [0.05, 0.1) is 0 Å². The van der Waals surface area contributed by atoms with E-state index in [0.29, 0.717) is 27.7 Å². The van der Waals surface area contributed by atoms with Crippen LogP contribution in [0.15, 0.2) is 52.9 Å². The Morgan fingerprint density at radius 3 is 2.40 bits per heavy atom. The molecule has 0 aliphatic carbocycles. The van der Waals surface area contributed by atoms with Crippen molar-refractivity contribution in [1.82, 2.24) is 0 Å². The molecule has 98 valence electrons. The van der Waals surface area contributed by atoms with Crippen molar-refractivity contribution in [2.45, 2.75) is 0 Å². The summed E-state index contributed by atoms with van der Waals surface area (Å²) in [7, 11) is 0. The maximum absolute atomic E-state index is 11.1. The van der Waals surface area contributed by atoms with Crippen molar-refractivity contribution in [3.63, 3.8) is 0 Å². The molecule has 5 heteroatoms. The van der Waals surface area contributed by atoms with Gasteiger partial charge in [0.1, 0.15) is 22.4 Å². The van der Waals surface area contributed by atoms with E-state index in [0.717, 1.165) is 6.29 Å².